The minimum absolute atomic E-state index is 0.485. The van der Waals surface area contributed by atoms with Crippen molar-refractivity contribution in [3.63, 3.8) is 0 Å². The second-order valence-corrected chi connectivity index (χ2v) is 4.02. The molecule has 0 spiro atoms. The standard InChI is InChI=1S/C14H17N3/c1-12-6-3-7-14(13(12)2)17(10-4-8-15)11-5-9-16/h3,6-7H,4-5,10-11H2,1-2H3. The van der Waals surface area contributed by atoms with E-state index in [1.165, 1.54) is 11.1 Å². The van der Waals surface area contributed by atoms with Crippen LogP contribution in [0.2, 0.25) is 0 Å². The summed E-state index contributed by atoms with van der Waals surface area (Å²) in [6.45, 7) is 5.52. The molecule has 3 nitrogen and oxygen atoms in total. The number of anilines is 1. The molecular weight excluding hydrogens is 210 g/mol. The quantitative estimate of drug-likeness (QED) is 0.777. The smallest absolute Gasteiger partial charge is 0.0640 e. The summed E-state index contributed by atoms with van der Waals surface area (Å²) < 4.78 is 0. The summed E-state index contributed by atoms with van der Waals surface area (Å²) in [5.74, 6) is 0. The van der Waals surface area contributed by atoms with Crippen LogP contribution in [-0.4, -0.2) is 13.1 Å². The molecule has 88 valence electrons. The van der Waals surface area contributed by atoms with Gasteiger partial charge in [-0.1, -0.05) is 12.1 Å². The van der Waals surface area contributed by atoms with Gasteiger partial charge in [-0.25, -0.2) is 0 Å². The first-order valence-electron chi connectivity index (χ1n) is 5.75. The Kier molecular flexibility index (Phi) is 5.04. The van der Waals surface area contributed by atoms with Gasteiger partial charge in [-0.05, 0) is 31.0 Å². The van der Waals surface area contributed by atoms with Crippen LogP contribution in [0.1, 0.15) is 24.0 Å². The molecule has 1 aromatic carbocycles. The van der Waals surface area contributed by atoms with Crippen molar-refractivity contribution < 1.29 is 0 Å². The molecule has 0 N–H and O–H groups in total. The third kappa shape index (κ3) is 3.50. The maximum Gasteiger partial charge on any atom is 0.0640 e. The van der Waals surface area contributed by atoms with Crippen molar-refractivity contribution in [2.24, 2.45) is 0 Å². The van der Waals surface area contributed by atoms with Crippen LogP contribution in [0.25, 0.3) is 0 Å². The van der Waals surface area contributed by atoms with Gasteiger partial charge >= 0.3 is 0 Å². The summed E-state index contributed by atoms with van der Waals surface area (Å²) in [6.07, 6.45) is 0.970. The lowest BCUT2D eigenvalue weighted by atomic mass is 10.1. The molecule has 0 fully saturated rings. The van der Waals surface area contributed by atoms with Gasteiger partial charge in [0.25, 0.3) is 0 Å². The highest BCUT2D eigenvalue weighted by Crippen LogP contribution is 2.23. The van der Waals surface area contributed by atoms with E-state index in [0.717, 1.165) is 5.69 Å². The third-order valence-electron chi connectivity index (χ3n) is 2.90. The number of aryl methyl sites for hydroxylation is 1. The molecule has 0 aromatic heterocycles. The highest BCUT2D eigenvalue weighted by Gasteiger charge is 2.09. The van der Waals surface area contributed by atoms with Gasteiger partial charge in [0.2, 0.25) is 0 Å². The van der Waals surface area contributed by atoms with E-state index < -0.39 is 0 Å². The predicted molar refractivity (Wildman–Crippen MR) is 68.6 cm³/mol. The van der Waals surface area contributed by atoms with Crippen LogP contribution in [0, 0.1) is 36.5 Å². The Morgan fingerprint density at radius 1 is 1.06 bits per heavy atom. The zero-order chi connectivity index (χ0) is 12.7. The molecule has 0 amide bonds. The molecule has 0 aliphatic carbocycles. The average Bonchev–Trinajstić information content (AvgIpc) is 2.34. The summed E-state index contributed by atoms with van der Waals surface area (Å²) in [5, 5.41) is 17.3. The molecule has 0 atom stereocenters. The van der Waals surface area contributed by atoms with Gasteiger partial charge in [0.15, 0.2) is 0 Å². The number of rotatable bonds is 5. The van der Waals surface area contributed by atoms with E-state index in [2.05, 4.69) is 43.0 Å². The van der Waals surface area contributed by atoms with E-state index in [9.17, 15) is 0 Å². The van der Waals surface area contributed by atoms with Gasteiger partial charge in [-0.3, -0.25) is 0 Å². The molecule has 0 unspecified atom stereocenters. The fourth-order valence-corrected chi connectivity index (χ4v) is 1.80. The molecule has 1 aromatic rings. The predicted octanol–water partition coefficient (Wildman–Crippen LogP) is 2.94. The van der Waals surface area contributed by atoms with Crippen molar-refractivity contribution in [1.29, 1.82) is 10.5 Å². The summed E-state index contributed by atoms with van der Waals surface area (Å²) in [6, 6.07) is 10.5. The molecule has 1 rings (SSSR count). The van der Waals surface area contributed by atoms with Crippen LogP contribution >= 0.6 is 0 Å². The molecule has 17 heavy (non-hydrogen) atoms. The summed E-state index contributed by atoms with van der Waals surface area (Å²) in [7, 11) is 0. The molecular formula is C14H17N3. The van der Waals surface area contributed by atoms with Crippen molar-refractivity contribution in [2.75, 3.05) is 18.0 Å². The molecule has 0 bridgehead atoms. The fraction of sp³-hybridized carbons (Fsp3) is 0.429. The lowest BCUT2D eigenvalue weighted by Gasteiger charge is -2.25. The molecule has 0 radical (unpaired) electrons. The van der Waals surface area contributed by atoms with Crippen LogP contribution in [0.5, 0.6) is 0 Å². The molecule has 3 heteroatoms. The number of benzene rings is 1. The van der Waals surface area contributed by atoms with E-state index in [1.54, 1.807) is 0 Å². The zero-order valence-electron chi connectivity index (χ0n) is 10.4. The van der Waals surface area contributed by atoms with Gasteiger partial charge < -0.3 is 4.90 Å². The third-order valence-corrected chi connectivity index (χ3v) is 2.90. The van der Waals surface area contributed by atoms with Crippen molar-refractivity contribution in [3.05, 3.63) is 29.3 Å². The molecule has 0 heterocycles. The van der Waals surface area contributed by atoms with Crippen LogP contribution < -0.4 is 4.90 Å². The lowest BCUT2D eigenvalue weighted by molar-refractivity contribution is 0.793. The van der Waals surface area contributed by atoms with E-state index >= 15 is 0 Å². The Bertz CT molecular complexity index is 434. The second kappa shape index (κ2) is 6.55. The summed E-state index contributed by atoms with van der Waals surface area (Å²) >= 11 is 0. The molecule has 0 aliphatic heterocycles. The first kappa shape index (κ1) is 13.1. The van der Waals surface area contributed by atoms with Gasteiger partial charge in [-0.15, -0.1) is 0 Å². The average molecular weight is 227 g/mol. The first-order chi connectivity index (χ1) is 8.20. The number of hydrogen-bond donors (Lipinski definition) is 0. The Morgan fingerprint density at radius 2 is 1.65 bits per heavy atom. The molecule has 0 aliphatic rings. The monoisotopic (exact) mass is 227 g/mol. The van der Waals surface area contributed by atoms with Crippen molar-refractivity contribution in [2.45, 2.75) is 26.7 Å². The maximum absolute atomic E-state index is 8.67. The van der Waals surface area contributed by atoms with E-state index in [4.69, 9.17) is 10.5 Å². The highest BCUT2D eigenvalue weighted by atomic mass is 15.1. The zero-order valence-corrected chi connectivity index (χ0v) is 10.4. The van der Waals surface area contributed by atoms with Gasteiger partial charge in [0, 0.05) is 18.8 Å². The van der Waals surface area contributed by atoms with Crippen LogP contribution in [-0.2, 0) is 0 Å². The van der Waals surface area contributed by atoms with Crippen LogP contribution in [0.4, 0.5) is 5.69 Å². The molecule has 0 saturated carbocycles. The first-order valence-corrected chi connectivity index (χ1v) is 5.75. The normalized spacial score (nSPS) is 9.41. The van der Waals surface area contributed by atoms with E-state index in [-0.39, 0.29) is 0 Å². The second-order valence-electron chi connectivity index (χ2n) is 4.02. The lowest BCUT2D eigenvalue weighted by Crippen LogP contribution is -2.26. The van der Waals surface area contributed by atoms with Crippen LogP contribution in [0.15, 0.2) is 18.2 Å². The van der Waals surface area contributed by atoms with E-state index in [1.807, 2.05) is 6.07 Å². The highest BCUT2D eigenvalue weighted by molar-refractivity contribution is 5.56. The number of nitrogens with zero attached hydrogens (tertiary/aromatic N) is 3. The van der Waals surface area contributed by atoms with E-state index in [0.29, 0.717) is 25.9 Å². The topological polar surface area (TPSA) is 50.8 Å². The van der Waals surface area contributed by atoms with Gasteiger partial charge in [-0.2, -0.15) is 10.5 Å². The van der Waals surface area contributed by atoms with Crippen molar-refractivity contribution in [1.82, 2.24) is 0 Å². The number of hydrogen-bond acceptors (Lipinski definition) is 3. The summed E-state index contributed by atoms with van der Waals surface area (Å²) in [4.78, 5) is 2.12. The number of nitriles is 2. The maximum atomic E-state index is 8.67. The SMILES string of the molecule is Cc1cccc(N(CCC#N)CCC#N)c1C. The Labute approximate surface area is 103 Å². The largest absolute Gasteiger partial charge is 0.369 e. The summed E-state index contributed by atoms with van der Waals surface area (Å²) in [5.41, 5.74) is 3.60. The van der Waals surface area contributed by atoms with Crippen LogP contribution in [0.3, 0.4) is 0 Å². The van der Waals surface area contributed by atoms with Gasteiger partial charge in [0.1, 0.15) is 0 Å². The Hall–Kier alpha value is -2.00. The van der Waals surface area contributed by atoms with Crippen molar-refractivity contribution in [3.8, 4) is 12.1 Å². The molecule has 0 saturated heterocycles. The Balaban J connectivity index is 2.92. The van der Waals surface area contributed by atoms with Crippen molar-refractivity contribution >= 4 is 5.69 Å². The fourth-order valence-electron chi connectivity index (χ4n) is 1.80. The van der Waals surface area contributed by atoms with Gasteiger partial charge in [0.05, 0.1) is 25.0 Å². The minimum Gasteiger partial charge on any atom is -0.369 e. The minimum atomic E-state index is 0.485. The Morgan fingerprint density at radius 3 is 2.18 bits per heavy atom.